The van der Waals surface area contributed by atoms with Gasteiger partial charge in [0.2, 0.25) is 0 Å². The molecule has 0 aromatic heterocycles. The zero-order chi connectivity index (χ0) is 6.43. The average Bonchev–Trinajstić information content (AvgIpc) is 2.37. The first kappa shape index (κ1) is 24.4. The van der Waals surface area contributed by atoms with Crippen molar-refractivity contribution < 1.29 is 32.7 Å². The molecule has 4 unspecified atom stereocenters. The maximum absolute atomic E-state index is 2.44. The Labute approximate surface area is 119 Å². The van der Waals surface area contributed by atoms with Crippen LogP contribution in [-0.4, -0.2) is 0 Å². The second-order valence-corrected chi connectivity index (χ2v) is 4.05. The fourth-order valence-electron chi connectivity index (χ4n) is 2.87. The molecule has 1 radical (unpaired) electrons. The molecule has 2 saturated carbocycles. The largest absolute Gasteiger partial charge is 0.358 e. The molecular weight excluding hydrogens is 245 g/mol. The van der Waals surface area contributed by atoms with Crippen LogP contribution in [0.25, 0.3) is 0 Å². The first-order valence-corrected chi connectivity index (χ1v) is 4.29. The van der Waals surface area contributed by atoms with E-state index in [0.717, 1.165) is 23.7 Å². The molecule has 1 heteroatoms. The van der Waals surface area contributed by atoms with Crippen LogP contribution in [0.3, 0.4) is 0 Å². The van der Waals surface area contributed by atoms with Gasteiger partial charge in [-0.15, -0.1) is 0 Å². The molecule has 2 aliphatic rings. The molecule has 2 fully saturated rings. The van der Waals surface area contributed by atoms with Gasteiger partial charge in [0.1, 0.15) is 0 Å². The number of fused-ring (bicyclic) bond motifs is 2. The van der Waals surface area contributed by atoms with Crippen LogP contribution in [0.4, 0.5) is 0 Å². The van der Waals surface area contributed by atoms with Crippen molar-refractivity contribution in [3.05, 3.63) is 14.9 Å². The Balaban J connectivity index is -0.0000001000. The second kappa shape index (κ2) is 9.34. The van der Waals surface area contributed by atoms with Crippen molar-refractivity contribution in [2.45, 2.75) is 48.0 Å². The van der Waals surface area contributed by atoms with E-state index in [1.807, 2.05) is 0 Å². The molecule has 2 aliphatic carbocycles. The molecule has 0 nitrogen and oxygen atoms in total. The molecule has 0 aromatic carbocycles. The van der Waals surface area contributed by atoms with Gasteiger partial charge in [0.25, 0.3) is 0 Å². The molecule has 87 valence electrons. The van der Waals surface area contributed by atoms with Crippen LogP contribution in [0.2, 0.25) is 0 Å². The summed E-state index contributed by atoms with van der Waals surface area (Å²) in [6, 6.07) is 0. The third-order valence-electron chi connectivity index (χ3n) is 3.83. The Morgan fingerprint density at radius 2 is 1.07 bits per heavy atom. The van der Waals surface area contributed by atoms with E-state index < -0.39 is 0 Å². The third kappa shape index (κ3) is 3.93. The first-order valence-electron chi connectivity index (χ1n) is 4.29. The molecule has 0 N–H and O–H groups in total. The standard InChI is InChI=1S/C9H16.2CH4.2CH3.Y/c1-6-7(2)9-4-3-8(6)5-9;;;;;/h6-9H,3-5H2,1-2H3;2*1H4;2*1H3;/q;;;2*-1;. The predicted molar refractivity (Wildman–Crippen MR) is 65.4 cm³/mol. The normalized spacial score (nSPS) is 36.4. The van der Waals surface area contributed by atoms with Crippen molar-refractivity contribution in [3.63, 3.8) is 0 Å². The average molecular weight is 275 g/mol. The summed E-state index contributed by atoms with van der Waals surface area (Å²) in [6.07, 6.45) is 4.63. The summed E-state index contributed by atoms with van der Waals surface area (Å²) in [4.78, 5) is 0. The van der Waals surface area contributed by atoms with E-state index in [9.17, 15) is 0 Å². The SMILES string of the molecule is C.C.CC1C2CCC(C2)C1C.[CH3-].[CH3-].[Y]. The number of hydrogen-bond acceptors (Lipinski definition) is 0. The summed E-state index contributed by atoms with van der Waals surface area (Å²) < 4.78 is 0. The first-order chi connectivity index (χ1) is 4.29. The van der Waals surface area contributed by atoms with Crippen LogP contribution >= 0.6 is 0 Å². The van der Waals surface area contributed by atoms with Crippen LogP contribution in [-0.2, 0) is 32.7 Å². The van der Waals surface area contributed by atoms with Crippen molar-refractivity contribution in [2.75, 3.05) is 0 Å². The Kier molecular flexibility index (Phi) is 16.3. The van der Waals surface area contributed by atoms with Gasteiger partial charge in [-0.05, 0) is 42.9 Å². The van der Waals surface area contributed by atoms with E-state index in [1.54, 1.807) is 6.42 Å². The Hall–Kier alpha value is 1.10. The summed E-state index contributed by atoms with van der Waals surface area (Å²) in [5.41, 5.74) is 0. The zero-order valence-electron chi connectivity index (χ0n) is 9.01. The Morgan fingerprint density at radius 1 is 0.786 bits per heavy atom. The van der Waals surface area contributed by atoms with Crippen molar-refractivity contribution in [3.8, 4) is 0 Å². The Bertz CT molecular complexity index is 104. The monoisotopic (exact) mass is 275 g/mol. The second-order valence-electron chi connectivity index (χ2n) is 4.05. The maximum atomic E-state index is 2.44. The molecule has 0 aliphatic heterocycles. The van der Waals surface area contributed by atoms with Gasteiger partial charge < -0.3 is 14.9 Å². The minimum Gasteiger partial charge on any atom is -0.358 e. The topological polar surface area (TPSA) is 0 Å². The molecule has 0 amide bonds. The van der Waals surface area contributed by atoms with E-state index in [0.29, 0.717) is 0 Å². The summed E-state index contributed by atoms with van der Waals surface area (Å²) in [5, 5.41) is 0. The molecule has 0 spiro atoms. The molecule has 2 bridgehead atoms. The summed E-state index contributed by atoms with van der Waals surface area (Å²) in [7, 11) is 0. The van der Waals surface area contributed by atoms with E-state index in [2.05, 4.69) is 13.8 Å². The molecule has 0 aromatic rings. The van der Waals surface area contributed by atoms with Gasteiger partial charge in [-0.3, -0.25) is 0 Å². The van der Waals surface area contributed by atoms with Crippen molar-refractivity contribution in [2.24, 2.45) is 23.7 Å². The summed E-state index contributed by atoms with van der Waals surface area (Å²) >= 11 is 0. The third-order valence-corrected chi connectivity index (χ3v) is 3.83. The van der Waals surface area contributed by atoms with E-state index in [1.165, 1.54) is 12.8 Å². The Morgan fingerprint density at radius 3 is 1.21 bits per heavy atom. The molecule has 4 atom stereocenters. The van der Waals surface area contributed by atoms with E-state index in [4.69, 9.17) is 0 Å². The maximum Gasteiger partial charge on any atom is 0 e. The van der Waals surface area contributed by atoms with Gasteiger partial charge in [-0.2, -0.15) is 0 Å². The quantitative estimate of drug-likeness (QED) is 0.554. The minimum atomic E-state index is 0. The molecule has 0 heterocycles. The predicted octanol–water partition coefficient (Wildman–Crippen LogP) is 4.86. The van der Waals surface area contributed by atoms with Gasteiger partial charge >= 0.3 is 0 Å². The van der Waals surface area contributed by atoms with Gasteiger partial charge in [0.15, 0.2) is 0 Å². The smallest absolute Gasteiger partial charge is 0 e. The molecule has 0 saturated heterocycles. The molecule has 14 heavy (non-hydrogen) atoms. The fourth-order valence-corrected chi connectivity index (χ4v) is 2.87. The van der Waals surface area contributed by atoms with Gasteiger partial charge in [-0.1, -0.05) is 28.7 Å². The van der Waals surface area contributed by atoms with Crippen LogP contribution in [0, 0.1) is 38.5 Å². The van der Waals surface area contributed by atoms with Crippen LogP contribution in [0.1, 0.15) is 48.0 Å². The molecule has 2 rings (SSSR count). The van der Waals surface area contributed by atoms with Crippen LogP contribution in [0.15, 0.2) is 0 Å². The zero-order valence-corrected chi connectivity index (χ0v) is 11.8. The fraction of sp³-hybridized carbons (Fsp3) is 0.846. The number of hydrogen-bond donors (Lipinski definition) is 0. The van der Waals surface area contributed by atoms with Gasteiger partial charge in [0.05, 0.1) is 0 Å². The van der Waals surface area contributed by atoms with Crippen LogP contribution in [0.5, 0.6) is 0 Å². The minimum absolute atomic E-state index is 0. The van der Waals surface area contributed by atoms with Gasteiger partial charge in [-0.25, -0.2) is 0 Å². The van der Waals surface area contributed by atoms with Gasteiger partial charge in [0, 0.05) is 32.7 Å². The van der Waals surface area contributed by atoms with E-state index in [-0.39, 0.29) is 62.4 Å². The van der Waals surface area contributed by atoms with Crippen molar-refractivity contribution in [1.82, 2.24) is 0 Å². The summed E-state index contributed by atoms with van der Waals surface area (Å²) in [5.74, 6) is 4.32. The van der Waals surface area contributed by atoms with Crippen LogP contribution < -0.4 is 0 Å². The summed E-state index contributed by atoms with van der Waals surface area (Å²) in [6.45, 7) is 4.88. The van der Waals surface area contributed by atoms with Crippen molar-refractivity contribution in [1.29, 1.82) is 0 Å². The van der Waals surface area contributed by atoms with Crippen molar-refractivity contribution >= 4 is 0 Å². The van der Waals surface area contributed by atoms with E-state index >= 15 is 0 Å². The number of rotatable bonds is 0. The molecular formula is C13H30Y-2.